The van der Waals surface area contributed by atoms with E-state index in [2.05, 4.69) is 15.9 Å². The predicted molar refractivity (Wildman–Crippen MR) is 81.6 cm³/mol. The Hall–Kier alpha value is -0.250. The molecule has 2 rings (SSSR count). The highest BCUT2D eigenvalue weighted by atomic mass is 79.9. The van der Waals surface area contributed by atoms with Gasteiger partial charge in [-0.3, -0.25) is 0 Å². The third-order valence-electron chi connectivity index (χ3n) is 2.59. The van der Waals surface area contributed by atoms with E-state index < -0.39 is 0 Å². The summed E-state index contributed by atoms with van der Waals surface area (Å²) in [6.07, 6.45) is 0. The highest BCUT2D eigenvalue weighted by Crippen LogP contribution is 2.33. The molecule has 0 aromatic heterocycles. The number of halogens is 4. The van der Waals surface area contributed by atoms with Crippen molar-refractivity contribution in [3.63, 3.8) is 0 Å². The molecule has 5 heteroatoms. The van der Waals surface area contributed by atoms with Crippen LogP contribution >= 0.6 is 50.7 Å². The van der Waals surface area contributed by atoms with Crippen LogP contribution < -0.4 is 5.73 Å². The van der Waals surface area contributed by atoms with Gasteiger partial charge in [0, 0.05) is 19.5 Å². The zero-order valence-corrected chi connectivity index (χ0v) is 13.0. The van der Waals surface area contributed by atoms with Gasteiger partial charge in [-0.15, -0.1) is 0 Å². The highest BCUT2D eigenvalue weighted by molar-refractivity contribution is 9.10. The third kappa shape index (κ3) is 3.01. The molecule has 94 valence electrons. The van der Waals surface area contributed by atoms with Gasteiger partial charge in [0.25, 0.3) is 0 Å². The van der Waals surface area contributed by atoms with E-state index >= 15 is 0 Å². The van der Waals surface area contributed by atoms with Gasteiger partial charge in [-0.2, -0.15) is 0 Å². The van der Waals surface area contributed by atoms with Crippen molar-refractivity contribution < 1.29 is 0 Å². The van der Waals surface area contributed by atoms with Gasteiger partial charge in [-0.25, -0.2) is 0 Å². The number of nitrogens with two attached hydrogens (primary N) is 1. The van der Waals surface area contributed by atoms with Crippen molar-refractivity contribution in [1.29, 1.82) is 0 Å². The first-order valence-corrected chi connectivity index (χ1v) is 7.07. The molecule has 0 aliphatic rings. The van der Waals surface area contributed by atoms with Crippen LogP contribution in [0.4, 0.5) is 0 Å². The largest absolute Gasteiger partial charge is 0.320 e. The van der Waals surface area contributed by atoms with Gasteiger partial charge < -0.3 is 5.73 Å². The van der Waals surface area contributed by atoms with E-state index in [-0.39, 0.29) is 6.04 Å². The van der Waals surface area contributed by atoms with Crippen molar-refractivity contribution in [2.24, 2.45) is 5.73 Å². The van der Waals surface area contributed by atoms with Gasteiger partial charge in [-0.1, -0.05) is 56.8 Å². The normalized spacial score (nSPS) is 12.5. The molecular weight excluding hydrogens is 356 g/mol. The van der Waals surface area contributed by atoms with Crippen LogP contribution in [0.3, 0.4) is 0 Å². The minimum Gasteiger partial charge on any atom is -0.320 e. The maximum atomic E-state index is 6.20. The summed E-state index contributed by atoms with van der Waals surface area (Å²) < 4.78 is 0.919. The van der Waals surface area contributed by atoms with Gasteiger partial charge in [0.15, 0.2) is 0 Å². The van der Waals surface area contributed by atoms with E-state index in [1.807, 2.05) is 18.2 Å². The van der Waals surface area contributed by atoms with E-state index in [0.717, 1.165) is 15.6 Å². The quantitative estimate of drug-likeness (QED) is 0.752. The Morgan fingerprint density at radius 1 is 0.889 bits per heavy atom. The molecular formula is C13H9BrCl3N. The van der Waals surface area contributed by atoms with E-state index in [4.69, 9.17) is 40.5 Å². The Bertz CT molecular complexity index is 586. The molecule has 18 heavy (non-hydrogen) atoms. The number of hydrogen-bond donors (Lipinski definition) is 1. The number of hydrogen-bond acceptors (Lipinski definition) is 1. The summed E-state index contributed by atoms with van der Waals surface area (Å²) in [5.74, 6) is 0. The van der Waals surface area contributed by atoms with Gasteiger partial charge in [0.1, 0.15) is 0 Å². The van der Waals surface area contributed by atoms with Crippen molar-refractivity contribution >= 4 is 50.7 Å². The first kappa shape index (κ1) is 14.2. The summed E-state index contributed by atoms with van der Waals surface area (Å²) in [5, 5.41) is 1.72. The van der Waals surface area contributed by atoms with Gasteiger partial charge in [0.05, 0.1) is 6.04 Å². The average molecular weight is 365 g/mol. The molecule has 2 aromatic rings. The van der Waals surface area contributed by atoms with E-state index in [0.29, 0.717) is 15.1 Å². The SMILES string of the molecule is NC(c1ccc(Cl)cc1Cl)c1cc(Br)ccc1Cl. The van der Waals surface area contributed by atoms with Gasteiger partial charge in [0.2, 0.25) is 0 Å². The van der Waals surface area contributed by atoms with Crippen LogP contribution in [0.2, 0.25) is 15.1 Å². The Labute approximate surface area is 129 Å². The standard InChI is InChI=1S/C13H9BrCl3N/c14-7-1-4-11(16)10(5-7)13(18)9-3-2-8(15)6-12(9)17/h1-6,13H,18H2. The average Bonchev–Trinajstić information content (AvgIpc) is 2.31. The molecule has 1 nitrogen and oxygen atoms in total. The van der Waals surface area contributed by atoms with Crippen molar-refractivity contribution in [2.75, 3.05) is 0 Å². The number of benzene rings is 2. The maximum Gasteiger partial charge on any atom is 0.0581 e. The molecule has 0 radical (unpaired) electrons. The Kier molecular flexibility index (Phi) is 4.57. The smallest absolute Gasteiger partial charge is 0.0581 e. The number of rotatable bonds is 2. The van der Waals surface area contributed by atoms with Crippen LogP contribution in [-0.4, -0.2) is 0 Å². The molecule has 0 bridgehead atoms. The van der Waals surface area contributed by atoms with E-state index in [1.54, 1.807) is 18.2 Å². The zero-order chi connectivity index (χ0) is 13.3. The lowest BCUT2D eigenvalue weighted by Gasteiger charge is -2.16. The molecule has 1 atom stereocenters. The first-order chi connectivity index (χ1) is 8.49. The lowest BCUT2D eigenvalue weighted by atomic mass is 9.99. The monoisotopic (exact) mass is 363 g/mol. The minimum atomic E-state index is -0.389. The molecule has 2 aromatic carbocycles. The van der Waals surface area contributed by atoms with Crippen LogP contribution in [0.1, 0.15) is 17.2 Å². The molecule has 0 aliphatic heterocycles. The molecule has 1 unspecified atom stereocenters. The second-order valence-corrected chi connectivity index (χ2v) is 5.98. The van der Waals surface area contributed by atoms with Gasteiger partial charge >= 0.3 is 0 Å². The van der Waals surface area contributed by atoms with Gasteiger partial charge in [-0.05, 0) is 41.5 Å². The van der Waals surface area contributed by atoms with E-state index in [1.165, 1.54) is 0 Å². The fourth-order valence-corrected chi connectivity index (χ4v) is 2.81. The predicted octanol–water partition coefficient (Wildman–Crippen LogP) is 5.46. The molecule has 0 fully saturated rings. The van der Waals surface area contributed by atoms with Crippen LogP contribution in [0.15, 0.2) is 40.9 Å². The van der Waals surface area contributed by atoms with Crippen LogP contribution in [-0.2, 0) is 0 Å². The van der Waals surface area contributed by atoms with Crippen molar-refractivity contribution in [3.8, 4) is 0 Å². The molecule has 0 saturated carbocycles. The first-order valence-electron chi connectivity index (χ1n) is 5.14. The summed E-state index contributed by atoms with van der Waals surface area (Å²) in [5.41, 5.74) is 7.81. The topological polar surface area (TPSA) is 26.0 Å². The van der Waals surface area contributed by atoms with E-state index in [9.17, 15) is 0 Å². The van der Waals surface area contributed by atoms with Crippen LogP contribution in [0.5, 0.6) is 0 Å². The molecule has 0 saturated heterocycles. The summed E-state index contributed by atoms with van der Waals surface area (Å²) in [7, 11) is 0. The molecule has 0 spiro atoms. The second kappa shape index (κ2) is 5.81. The fraction of sp³-hybridized carbons (Fsp3) is 0.0769. The lowest BCUT2D eigenvalue weighted by Crippen LogP contribution is -2.13. The van der Waals surface area contributed by atoms with Crippen molar-refractivity contribution in [3.05, 3.63) is 67.1 Å². The molecule has 0 aliphatic carbocycles. The fourth-order valence-electron chi connectivity index (χ4n) is 1.67. The lowest BCUT2D eigenvalue weighted by molar-refractivity contribution is 0.871. The highest BCUT2D eigenvalue weighted by Gasteiger charge is 2.16. The Balaban J connectivity index is 2.47. The summed E-state index contributed by atoms with van der Waals surface area (Å²) in [4.78, 5) is 0. The minimum absolute atomic E-state index is 0.389. The summed E-state index contributed by atoms with van der Waals surface area (Å²) in [6.45, 7) is 0. The maximum absolute atomic E-state index is 6.20. The molecule has 0 heterocycles. The van der Waals surface area contributed by atoms with Crippen LogP contribution in [0, 0.1) is 0 Å². The zero-order valence-electron chi connectivity index (χ0n) is 9.13. The van der Waals surface area contributed by atoms with Crippen LogP contribution in [0.25, 0.3) is 0 Å². The van der Waals surface area contributed by atoms with Crippen molar-refractivity contribution in [2.45, 2.75) is 6.04 Å². The molecule has 2 N–H and O–H groups in total. The molecule has 0 amide bonds. The Morgan fingerprint density at radius 3 is 2.28 bits per heavy atom. The second-order valence-electron chi connectivity index (χ2n) is 3.81. The summed E-state index contributed by atoms with van der Waals surface area (Å²) in [6, 6.07) is 10.4. The summed E-state index contributed by atoms with van der Waals surface area (Å²) >= 11 is 21.6. The Morgan fingerprint density at radius 2 is 1.61 bits per heavy atom. The third-order valence-corrected chi connectivity index (χ3v) is 3.99. The van der Waals surface area contributed by atoms with Crippen molar-refractivity contribution in [1.82, 2.24) is 0 Å².